The van der Waals surface area contributed by atoms with Crippen LogP contribution in [0.1, 0.15) is 34.5 Å². The molecule has 0 bridgehead atoms. The molecule has 4 heteroatoms. The Hall–Kier alpha value is -1.39. The standard InChI is InChI=1S/C16H22N2OS/c1-4-6-14-15(10-17-3)20-16(18-14)11-19-13-8-5-7-12(2)9-13/h5,7-9,17H,4,6,10-11H2,1-3H3. The maximum atomic E-state index is 5.82. The molecule has 2 aromatic rings. The fraction of sp³-hybridized carbons (Fsp3) is 0.438. The van der Waals surface area contributed by atoms with E-state index in [0.717, 1.165) is 30.1 Å². The Morgan fingerprint density at radius 2 is 2.20 bits per heavy atom. The highest BCUT2D eigenvalue weighted by molar-refractivity contribution is 7.11. The summed E-state index contributed by atoms with van der Waals surface area (Å²) in [5.74, 6) is 0.910. The molecule has 108 valence electrons. The first-order valence-corrected chi connectivity index (χ1v) is 7.86. The van der Waals surface area contributed by atoms with E-state index in [-0.39, 0.29) is 0 Å². The highest BCUT2D eigenvalue weighted by Gasteiger charge is 2.10. The number of hydrogen-bond acceptors (Lipinski definition) is 4. The number of nitrogens with one attached hydrogen (secondary N) is 1. The molecule has 0 saturated heterocycles. The summed E-state index contributed by atoms with van der Waals surface area (Å²) >= 11 is 1.75. The quantitative estimate of drug-likeness (QED) is 0.844. The van der Waals surface area contributed by atoms with Crippen molar-refractivity contribution in [3.05, 3.63) is 45.4 Å². The Morgan fingerprint density at radius 1 is 1.35 bits per heavy atom. The van der Waals surface area contributed by atoms with Crippen LogP contribution in [0.5, 0.6) is 5.75 Å². The molecule has 0 aliphatic heterocycles. The van der Waals surface area contributed by atoms with Crippen LogP contribution in [0.25, 0.3) is 0 Å². The molecule has 0 aliphatic rings. The number of aromatic nitrogens is 1. The number of ether oxygens (including phenoxy) is 1. The lowest BCUT2D eigenvalue weighted by molar-refractivity contribution is 0.305. The van der Waals surface area contributed by atoms with Crippen LogP contribution < -0.4 is 10.1 Å². The van der Waals surface area contributed by atoms with E-state index in [2.05, 4.69) is 31.3 Å². The molecule has 0 unspecified atom stereocenters. The van der Waals surface area contributed by atoms with Crippen LogP contribution in [0.4, 0.5) is 0 Å². The summed E-state index contributed by atoms with van der Waals surface area (Å²) in [5, 5.41) is 4.26. The van der Waals surface area contributed by atoms with Gasteiger partial charge >= 0.3 is 0 Å². The largest absolute Gasteiger partial charge is 0.486 e. The topological polar surface area (TPSA) is 34.1 Å². The van der Waals surface area contributed by atoms with Crippen molar-refractivity contribution in [2.24, 2.45) is 0 Å². The van der Waals surface area contributed by atoms with Gasteiger partial charge in [-0.1, -0.05) is 25.5 Å². The first-order chi connectivity index (χ1) is 9.72. The summed E-state index contributed by atoms with van der Waals surface area (Å²) in [4.78, 5) is 6.04. The second-order valence-electron chi connectivity index (χ2n) is 4.86. The van der Waals surface area contributed by atoms with E-state index in [1.165, 1.54) is 16.1 Å². The predicted molar refractivity (Wildman–Crippen MR) is 84.4 cm³/mol. The first kappa shape index (κ1) is 15.0. The van der Waals surface area contributed by atoms with E-state index in [4.69, 9.17) is 9.72 Å². The Bertz CT molecular complexity index is 528. The average Bonchev–Trinajstić information content (AvgIpc) is 2.80. The van der Waals surface area contributed by atoms with Crippen LogP contribution in [0.2, 0.25) is 0 Å². The molecular weight excluding hydrogens is 268 g/mol. The molecule has 0 fully saturated rings. The summed E-state index contributed by atoms with van der Waals surface area (Å²) in [5.41, 5.74) is 2.43. The third-order valence-electron chi connectivity index (χ3n) is 3.00. The molecule has 1 aromatic carbocycles. The first-order valence-electron chi connectivity index (χ1n) is 7.04. The molecule has 3 nitrogen and oxygen atoms in total. The van der Waals surface area contributed by atoms with E-state index in [0.29, 0.717) is 6.61 Å². The lowest BCUT2D eigenvalue weighted by Gasteiger charge is -2.04. The number of thiazole rings is 1. The highest BCUT2D eigenvalue weighted by atomic mass is 32.1. The van der Waals surface area contributed by atoms with Gasteiger partial charge in [0.1, 0.15) is 17.4 Å². The maximum absolute atomic E-state index is 5.82. The lowest BCUT2D eigenvalue weighted by Crippen LogP contribution is -2.05. The molecule has 1 N–H and O–H groups in total. The van der Waals surface area contributed by atoms with E-state index in [1.54, 1.807) is 11.3 Å². The summed E-state index contributed by atoms with van der Waals surface area (Å²) in [6, 6.07) is 8.12. The van der Waals surface area contributed by atoms with Gasteiger partial charge in [-0.05, 0) is 38.1 Å². The van der Waals surface area contributed by atoms with Gasteiger partial charge in [0.05, 0.1) is 5.69 Å². The minimum Gasteiger partial charge on any atom is -0.486 e. The minimum absolute atomic E-state index is 0.550. The number of rotatable bonds is 7. The Labute approximate surface area is 125 Å². The van der Waals surface area contributed by atoms with Crippen molar-refractivity contribution in [3.8, 4) is 5.75 Å². The minimum atomic E-state index is 0.550. The highest BCUT2D eigenvalue weighted by Crippen LogP contribution is 2.22. The fourth-order valence-electron chi connectivity index (χ4n) is 2.08. The van der Waals surface area contributed by atoms with Crippen LogP contribution in [0, 0.1) is 6.92 Å². The maximum Gasteiger partial charge on any atom is 0.140 e. The molecule has 0 atom stereocenters. The van der Waals surface area contributed by atoms with Gasteiger partial charge in [-0.3, -0.25) is 0 Å². The predicted octanol–water partition coefficient (Wildman–Crippen LogP) is 3.70. The van der Waals surface area contributed by atoms with Crippen molar-refractivity contribution < 1.29 is 4.74 Å². The normalized spacial score (nSPS) is 10.8. The van der Waals surface area contributed by atoms with Crippen molar-refractivity contribution in [2.75, 3.05) is 7.05 Å². The van der Waals surface area contributed by atoms with Crippen molar-refractivity contribution in [1.29, 1.82) is 0 Å². The van der Waals surface area contributed by atoms with Crippen LogP contribution >= 0.6 is 11.3 Å². The van der Waals surface area contributed by atoms with Gasteiger partial charge in [0.15, 0.2) is 0 Å². The SMILES string of the molecule is CCCc1nc(COc2cccc(C)c2)sc1CNC. The molecule has 0 amide bonds. The molecule has 1 heterocycles. The van der Waals surface area contributed by atoms with Crippen molar-refractivity contribution in [2.45, 2.75) is 39.8 Å². The number of aryl methyl sites for hydroxylation is 2. The smallest absolute Gasteiger partial charge is 0.140 e. The van der Waals surface area contributed by atoms with Gasteiger partial charge in [0.2, 0.25) is 0 Å². The molecule has 0 radical (unpaired) electrons. The Kier molecular flexibility index (Phi) is 5.56. The van der Waals surface area contributed by atoms with Gasteiger partial charge in [-0.2, -0.15) is 0 Å². The molecule has 2 rings (SSSR count). The summed E-state index contributed by atoms with van der Waals surface area (Å²) in [7, 11) is 1.97. The van der Waals surface area contributed by atoms with Gasteiger partial charge in [-0.15, -0.1) is 11.3 Å². The Morgan fingerprint density at radius 3 is 2.90 bits per heavy atom. The van der Waals surface area contributed by atoms with E-state index < -0.39 is 0 Å². The van der Waals surface area contributed by atoms with Crippen LogP contribution in [0.15, 0.2) is 24.3 Å². The monoisotopic (exact) mass is 290 g/mol. The zero-order valence-electron chi connectivity index (χ0n) is 12.4. The van der Waals surface area contributed by atoms with Crippen molar-refractivity contribution in [3.63, 3.8) is 0 Å². The molecule has 20 heavy (non-hydrogen) atoms. The van der Waals surface area contributed by atoms with E-state index in [1.807, 2.05) is 19.2 Å². The summed E-state index contributed by atoms with van der Waals surface area (Å²) in [6.07, 6.45) is 2.16. The average molecular weight is 290 g/mol. The van der Waals surface area contributed by atoms with Gasteiger partial charge in [0.25, 0.3) is 0 Å². The lowest BCUT2D eigenvalue weighted by atomic mass is 10.2. The number of benzene rings is 1. The molecular formula is C16H22N2OS. The number of hydrogen-bond donors (Lipinski definition) is 1. The van der Waals surface area contributed by atoms with Gasteiger partial charge < -0.3 is 10.1 Å². The summed E-state index contributed by atoms with van der Waals surface area (Å²) in [6.45, 7) is 5.69. The van der Waals surface area contributed by atoms with Crippen molar-refractivity contribution >= 4 is 11.3 Å². The molecule has 0 spiro atoms. The van der Waals surface area contributed by atoms with Crippen LogP contribution in [0.3, 0.4) is 0 Å². The molecule has 1 aromatic heterocycles. The third kappa shape index (κ3) is 4.05. The zero-order valence-corrected chi connectivity index (χ0v) is 13.2. The fourth-order valence-corrected chi connectivity index (χ4v) is 3.12. The zero-order chi connectivity index (χ0) is 14.4. The molecule has 0 aliphatic carbocycles. The van der Waals surface area contributed by atoms with Crippen LogP contribution in [-0.2, 0) is 19.6 Å². The van der Waals surface area contributed by atoms with E-state index in [9.17, 15) is 0 Å². The number of nitrogens with zero attached hydrogens (tertiary/aromatic N) is 1. The second-order valence-corrected chi connectivity index (χ2v) is 6.03. The van der Waals surface area contributed by atoms with Crippen LogP contribution in [-0.4, -0.2) is 12.0 Å². The molecule has 0 saturated carbocycles. The van der Waals surface area contributed by atoms with Gasteiger partial charge in [0, 0.05) is 11.4 Å². The van der Waals surface area contributed by atoms with Crippen molar-refractivity contribution in [1.82, 2.24) is 10.3 Å². The summed E-state index contributed by atoms with van der Waals surface area (Å²) < 4.78 is 5.82. The van der Waals surface area contributed by atoms with Gasteiger partial charge in [-0.25, -0.2) is 4.98 Å². The third-order valence-corrected chi connectivity index (χ3v) is 4.07. The second kappa shape index (κ2) is 7.41. The van der Waals surface area contributed by atoms with E-state index >= 15 is 0 Å². The Balaban J connectivity index is 2.03.